The number of aryl methyl sites for hydroxylation is 1. The summed E-state index contributed by atoms with van der Waals surface area (Å²) in [6.45, 7) is 8.40. The maximum absolute atomic E-state index is 15.0. The molecule has 1 aliphatic rings. The van der Waals surface area contributed by atoms with Gasteiger partial charge in [-0.05, 0) is 55.9 Å². The smallest absolute Gasteiger partial charge is 0.254 e. The Labute approximate surface area is 214 Å². The van der Waals surface area contributed by atoms with Crippen LogP contribution in [0.25, 0.3) is 33.4 Å². The summed E-state index contributed by atoms with van der Waals surface area (Å²) in [6, 6.07) is 7.42. The van der Waals surface area contributed by atoms with Crippen molar-refractivity contribution in [2.45, 2.75) is 32.7 Å². The summed E-state index contributed by atoms with van der Waals surface area (Å²) < 4.78 is 16.9. The van der Waals surface area contributed by atoms with Crippen LogP contribution in [0.2, 0.25) is 0 Å². The Morgan fingerprint density at radius 3 is 2.65 bits per heavy atom. The third-order valence-corrected chi connectivity index (χ3v) is 7.16. The van der Waals surface area contributed by atoms with Gasteiger partial charge in [-0.15, -0.1) is 6.42 Å². The minimum atomic E-state index is -0.547. The van der Waals surface area contributed by atoms with Crippen LogP contribution in [0.3, 0.4) is 0 Å². The molecule has 1 aliphatic heterocycles. The number of anilines is 1. The summed E-state index contributed by atoms with van der Waals surface area (Å²) in [5, 5.41) is 0.641. The van der Waals surface area contributed by atoms with E-state index in [0.29, 0.717) is 45.8 Å². The summed E-state index contributed by atoms with van der Waals surface area (Å²) in [5.41, 5.74) is 11.6. The van der Waals surface area contributed by atoms with E-state index in [1.165, 1.54) is 6.33 Å². The predicted octanol–water partition coefficient (Wildman–Crippen LogP) is 4.89. The fraction of sp³-hybridized carbons (Fsp3) is 0.241. The zero-order chi connectivity index (χ0) is 26.4. The number of halogens is 1. The molecule has 4 aromatic rings. The number of aromatic nitrogens is 4. The van der Waals surface area contributed by atoms with Crippen molar-refractivity contribution < 1.29 is 9.18 Å². The fourth-order valence-electron chi connectivity index (χ4n) is 5.26. The molecule has 5 rings (SSSR count). The molecule has 7 nitrogen and oxygen atoms in total. The first kappa shape index (κ1) is 24.2. The first-order chi connectivity index (χ1) is 17.7. The lowest BCUT2D eigenvalue weighted by Gasteiger charge is -2.25. The second kappa shape index (κ2) is 9.17. The van der Waals surface area contributed by atoms with E-state index < -0.39 is 5.82 Å². The van der Waals surface area contributed by atoms with Crippen molar-refractivity contribution in [2.24, 2.45) is 7.05 Å². The molecule has 0 saturated carbocycles. The van der Waals surface area contributed by atoms with Crippen LogP contribution in [0.15, 0.2) is 48.9 Å². The second-order valence-corrected chi connectivity index (χ2v) is 9.42. The molecular weight excluding hydrogens is 467 g/mol. The molecule has 186 valence electrons. The molecule has 1 fully saturated rings. The summed E-state index contributed by atoms with van der Waals surface area (Å²) in [5.74, 6) is 2.01. The molecular formula is C29H27FN6O. The highest BCUT2D eigenvalue weighted by Gasteiger charge is 2.30. The fourth-order valence-corrected chi connectivity index (χ4v) is 5.26. The third-order valence-electron chi connectivity index (χ3n) is 7.16. The molecule has 1 aromatic carbocycles. The van der Waals surface area contributed by atoms with Gasteiger partial charge in [-0.1, -0.05) is 24.3 Å². The third kappa shape index (κ3) is 3.84. The van der Waals surface area contributed by atoms with Crippen LogP contribution in [0.1, 0.15) is 41.4 Å². The van der Waals surface area contributed by atoms with E-state index in [1.807, 2.05) is 35.6 Å². The van der Waals surface area contributed by atoms with Crippen LogP contribution < -0.4 is 5.73 Å². The lowest BCUT2D eigenvalue weighted by atomic mass is 9.96. The van der Waals surface area contributed by atoms with Gasteiger partial charge in [0.2, 0.25) is 0 Å². The summed E-state index contributed by atoms with van der Waals surface area (Å²) in [4.78, 5) is 28.0. The molecule has 8 heteroatoms. The predicted molar refractivity (Wildman–Crippen MR) is 143 cm³/mol. The van der Waals surface area contributed by atoms with Crippen LogP contribution >= 0.6 is 0 Å². The molecule has 1 amide bonds. The van der Waals surface area contributed by atoms with Gasteiger partial charge >= 0.3 is 0 Å². The number of amides is 1. The van der Waals surface area contributed by atoms with E-state index in [9.17, 15) is 4.79 Å². The largest absolute Gasteiger partial charge is 0.383 e. The number of rotatable bonds is 4. The molecule has 2 N–H and O–H groups in total. The van der Waals surface area contributed by atoms with Gasteiger partial charge in [0.15, 0.2) is 5.82 Å². The number of carbonyl (C=O) groups is 1. The Balaban J connectivity index is 1.67. The number of fused-ring (bicyclic) bond motifs is 1. The van der Waals surface area contributed by atoms with Crippen molar-refractivity contribution in [2.75, 3.05) is 12.3 Å². The monoisotopic (exact) mass is 494 g/mol. The summed E-state index contributed by atoms with van der Waals surface area (Å²) in [7, 11) is 1.84. The van der Waals surface area contributed by atoms with Crippen molar-refractivity contribution in [1.29, 1.82) is 0 Å². The molecule has 3 aromatic heterocycles. The number of pyridine rings is 1. The van der Waals surface area contributed by atoms with E-state index in [1.54, 1.807) is 25.3 Å². The Morgan fingerprint density at radius 1 is 1.24 bits per heavy atom. The van der Waals surface area contributed by atoms with E-state index in [2.05, 4.69) is 27.5 Å². The topological polar surface area (TPSA) is 89.9 Å². The van der Waals surface area contributed by atoms with Gasteiger partial charge < -0.3 is 15.2 Å². The van der Waals surface area contributed by atoms with Crippen molar-refractivity contribution in [3.05, 3.63) is 71.6 Å². The lowest BCUT2D eigenvalue weighted by Crippen LogP contribution is -2.35. The highest BCUT2D eigenvalue weighted by molar-refractivity contribution is 6.08. The van der Waals surface area contributed by atoms with Crippen LogP contribution in [0, 0.1) is 25.1 Å². The molecule has 0 radical (unpaired) electrons. The Hall–Kier alpha value is -4.51. The number of nitrogens with zero attached hydrogens (tertiary/aromatic N) is 5. The number of benzene rings is 1. The normalized spacial score (nSPS) is 15.2. The van der Waals surface area contributed by atoms with E-state index in [-0.39, 0.29) is 17.6 Å². The Kier molecular flexibility index (Phi) is 6.00. The lowest BCUT2D eigenvalue weighted by molar-refractivity contribution is 0.0756. The zero-order valence-electron chi connectivity index (χ0n) is 21.0. The minimum Gasteiger partial charge on any atom is -0.383 e. The molecule has 1 saturated heterocycles. The number of terminal acetylenes is 1. The average Bonchev–Trinajstić information content (AvgIpc) is 3.50. The highest BCUT2D eigenvalue weighted by atomic mass is 19.1. The summed E-state index contributed by atoms with van der Waals surface area (Å²) in [6.07, 6.45) is 10.3. The molecule has 0 bridgehead atoms. The van der Waals surface area contributed by atoms with Gasteiger partial charge in [0.05, 0.1) is 17.1 Å². The van der Waals surface area contributed by atoms with Crippen molar-refractivity contribution in [1.82, 2.24) is 24.4 Å². The summed E-state index contributed by atoms with van der Waals surface area (Å²) >= 11 is 0. The van der Waals surface area contributed by atoms with E-state index in [0.717, 1.165) is 29.5 Å². The SMILES string of the molecule is C#Cc1ncc(-c2c(-c3ccc(C(=O)N4CCC[C@H]4C(=C)C)cc3)c3c(N)ncnc3n2C)c(C)c1F. The van der Waals surface area contributed by atoms with Gasteiger partial charge in [0, 0.05) is 36.5 Å². The number of hydrogen-bond acceptors (Lipinski definition) is 5. The maximum Gasteiger partial charge on any atom is 0.254 e. The highest BCUT2D eigenvalue weighted by Crippen LogP contribution is 2.42. The van der Waals surface area contributed by atoms with Crippen LogP contribution in [-0.4, -0.2) is 42.9 Å². The first-order valence-electron chi connectivity index (χ1n) is 12.0. The van der Waals surface area contributed by atoms with Crippen LogP contribution in [0.5, 0.6) is 0 Å². The Bertz CT molecular complexity index is 1610. The van der Waals surface area contributed by atoms with Crippen molar-refractivity contribution in [3.8, 4) is 34.7 Å². The molecule has 0 unspecified atom stereocenters. The molecule has 0 aliphatic carbocycles. The van der Waals surface area contributed by atoms with Gasteiger partial charge in [-0.2, -0.15) is 0 Å². The van der Waals surface area contributed by atoms with E-state index in [4.69, 9.17) is 12.2 Å². The van der Waals surface area contributed by atoms with Crippen LogP contribution in [0.4, 0.5) is 10.2 Å². The van der Waals surface area contributed by atoms with Gasteiger partial charge in [0.1, 0.15) is 23.5 Å². The van der Waals surface area contributed by atoms with Gasteiger partial charge in [-0.25, -0.2) is 19.3 Å². The molecule has 37 heavy (non-hydrogen) atoms. The molecule has 1 atom stereocenters. The number of likely N-dealkylation sites (tertiary alicyclic amines) is 1. The second-order valence-electron chi connectivity index (χ2n) is 9.42. The van der Waals surface area contributed by atoms with Crippen molar-refractivity contribution >= 4 is 22.8 Å². The number of nitrogen functional groups attached to an aromatic ring is 1. The standard InChI is InChI=1S/C29H27FN6O/c1-6-21-25(30)17(4)20(14-32-21)26-23(24-27(31)33-15-34-28(24)35(26)5)18-9-11-19(12-10-18)29(37)36-13-7-8-22(36)16(2)3/h1,9-12,14-15,22H,2,7-8,13H2,3-5H3,(H2,31,33,34)/t22-/m0/s1. The number of carbonyl (C=O) groups excluding carboxylic acids is 1. The van der Waals surface area contributed by atoms with E-state index >= 15 is 4.39 Å². The first-order valence-corrected chi connectivity index (χ1v) is 12.0. The maximum atomic E-state index is 15.0. The number of hydrogen-bond donors (Lipinski definition) is 1. The zero-order valence-corrected chi connectivity index (χ0v) is 21.0. The van der Waals surface area contributed by atoms with Gasteiger partial charge in [-0.3, -0.25) is 4.79 Å². The molecule has 4 heterocycles. The van der Waals surface area contributed by atoms with Gasteiger partial charge in [0.25, 0.3) is 5.91 Å². The quantitative estimate of drug-likeness (QED) is 0.322. The van der Waals surface area contributed by atoms with Crippen LogP contribution in [-0.2, 0) is 7.05 Å². The number of nitrogens with two attached hydrogens (primary N) is 1. The molecule has 0 spiro atoms. The average molecular weight is 495 g/mol. The minimum absolute atomic E-state index is 0.0231. The Morgan fingerprint density at radius 2 is 1.97 bits per heavy atom. The van der Waals surface area contributed by atoms with Crippen molar-refractivity contribution in [3.63, 3.8) is 0 Å².